The second-order valence-corrected chi connectivity index (χ2v) is 6.24. The first-order chi connectivity index (χ1) is 11.7. The molecule has 1 aliphatic heterocycles. The lowest BCUT2D eigenvalue weighted by molar-refractivity contribution is 0.529. The highest BCUT2D eigenvalue weighted by Gasteiger charge is 2.20. The smallest absolute Gasteiger partial charge is 0.133 e. The first-order valence-corrected chi connectivity index (χ1v) is 8.17. The molecule has 1 unspecified atom stereocenters. The van der Waals surface area contributed by atoms with Crippen molar-refractivity contribution in [2.45, 2.75) is 18.9 Å². The van der Waals surface area contributed by atoms with E-state index in [1.807, 2.05) is 49.3 Å². The molecule has 0 amide bonds. The fourth-order valence-corrected chi connectivity index (χ4v) is 2.96. The van der Waals surface area contributed by atoms with Crippen molar-refractivity contribution in [2.75, 3.05) is 42.3 Å². The molecular formula is C18H22N6. The van der Waals surface area contributed by atoms with Crippen LogP contribution in [0, 0.1) is 11.3 Å². The molecule has 0 saturated carbocycles. The molecule has 0 aliphatic carbocycles. The summed E-state index contributed by atoms with van der Waals surface area (Å²) in [6.07, 6.45) is 3.84. The molecule has 1 aromatic heterocycles. The summed E-state index contributed by atoms with van der Waals surface area (Å²) in [4.78, 5) is 12.9. The third-order valence-electron chi connectivity index (χ3n) is 4.25. The number of hydrogen-bond donors (Lipinski definition) is 1. The summed E-state index contributed by atoms with van der Waals surface area (Å²) in [5.74, 6) is 1.76. The number of hydrogen-bond acceptors (Lipinski definition) is 6. The molecule has 1 aromatic carbocycles. The zero-order chi connectivity index (χ0) is 16.9. The van der Waals surface area contributed by atoms with E-state index in [0.29, 0.717) is 11.6 Å². The minimum atomic E-state index is 0.347. The highest BCUT2D eigenvalue weighted by molar-refractivity contribution is 5.52. The van der Waals surface area contributed by atoms with Crippen LogP contribution in [0.5, 0.6) is 0 Å². The number of nitriles is 1. The van der Waals surface area contributed by atoms with Gasteiger partial charge in [-0.25, -0.2) is 9.97 Å². The predicted octanol–water partition coefficient (Wildman–Crippen LogP) is 2.50. The summed E-state index contributed by atoms with van der Waals surface area (Å²) in [6, 6.07) is 12.3. The van der Waals surface area contributed by atoms with Gasteiger partial charge in [-0.3, -0.25) is 0 Å². The Morgan fingerprint density at radius 3 is 2.75 bits per heavy atom. The van der Waals surface area contributed by atoms with E-state index < -0.39 is 0 Å². The van der Waals surface area contributed by atoms with Crippen LogP contribution in [0.15, 0.2) is 36.7 Å². The Morgan fingerprint density at radius 2 is 2.04 bits per heavy atom. The van der Waals surface area contributed by atoms with Crippen LogP contribution in [-0.4, -0.2) is 43.2 Å². The Labute approximate surface area is 142 Å². The van der Waals surface area contributed by atoms with E-state index in [9.17, 15) is 0 Å². The third kappa shape index (κ3) is 3.74. The summed E-state index contributed by atoms with van der Waals surface area (Å²) >= 11 is 0. The molecule has 0 bridgehead atoms. The standard InChI is InChI=1S/C18H22N6/c1-23(2)18-10-17(20-13-21-18)22-15-4-3-9-24(12-15)16-7-5-14(11-19)6-8-16/h5-8,10,13,15H,3-4,9,12H2,1-2H3,(H,20,21,22). The maximum Gasteiger partial charge on any atom is 0.133 e. The van der Waals surface area contributed by atoms with Crippen molar-refractivity contribution in [3.05, 3.63) is 42.2 Å². The number of nitrogens with zero attached hydrogens (tertiary/aromatic N) is 5. The number of nitrogens with one attached hydrogen (secondary N) is 1. The number of rotatable bonds is 4. The molecule has 1 saturated heterocycles. The molecule has 2 heterocycles. The van der Waals surface area contributed by atoms with E-state index in [1.54, 1.807) is 6.33 Å². The van der Waals surface area contributed by atoms with E-state index in [-0.39, 0.29) is 0 Å². The zero-order valence-electron chi connectivity index (χ0n) is 14.1. The van der Waals surface area contributed by atoms with Gasteiger partial charge in [-0.15, -0.1) is 0 Å². The summed E-state index contributed by atoms with van der Waals surface area (Å²) in [5.41, 5.74) is 1.86. The Hall–Kier alpha value is -2.81. The molecule has 6 heteroatoms. The molecule has 1 aliphatic rings. The molecule has 24 heavy (non-hydrogen) atoms. The van der Waals surface area contributed by atoms with Gasteiger partial charge in [-0.2, -0.15) is 5.26 Å². The maximum absolute atomic E-state index is 8.92. The van der Waals surface area contributed by atoms with Crippen LogP contribution in [0.3, 0.4) is 0 Å². The lowest BCUT2D eigenvalue weighted by Crippen LogP contribution is -2.42. The van der Waals surface area contributed by atoms with E-state index in [0.717, 1.165) is 43.3 Å². The average Bonchev–Trinajstić information content (AvgIpc) is 2.62. The first kappa shape index (κ1) is 16.1. The lowest BCUT2D eigenvalue weighted by Gasteiger charge is -2.35. The lowest BCUT2D eigenvalue weighted by atomic mass is 10.0. The Balaban J connectivity index is 1.67. The van der Waals surface area contributed by atoms with E-state index in [4.69, 9.17) is 5.26 Å². The van der Waals surface area contributed by atoms with Gasteiger partial charge in [0.2, 0.25) is 0 Å². The van der Waals surface area contributed by atoms with E-state index >= 15 is 0 Å². The minimum Gasteiger partial charge on any atom is -0.369 e. The summed E-state index contributed by atoms with van der Waals surface area (Å²) in [5, 5.41) is 12.4. The van der Waals surface area contributed by atoms with Gasteiger partial charge in [0.05, 0.1) is 11.6 Å². The molecule has 2 aromatic rings. The van der Waals surface area contributed by atoms with Gasteiger partial charge in [0.25, 0.3) is 0 Å². The van der Waals surface area contributed by atoms with Crippen molar-refractivity contribution >= 4 is 17.3 Å². The van der Waals surface area contributed by atoms with Crippen molar-refractivity contribution in [3.8, 4) is 6.07 Å². The number of piperidine rings is 1. The van der Waals surface area contributed by atoms with Crippen molar-refractivity contribution in [1.82, 2.24) is 9.97 Å². The van der Waals surface area contributed by atoms with Crippen LogP contribution < -0.4 is 15.1 Å². The normalized spacial score (nSPS) is 17.2. The molecule has 1 atom stereocenters. The van der Waals surface area contributed by atoms with Crippen molar-refractivity contribution in [2.24, 2.45) is 0 Å². The van der Waals surface area contributed by atoms with Crippen LogP contribution in [0.4, 0.5) is 17.3 Å². The van der Waals surface area contributed by atoms with Crippen LogP contribution in [-0.2, 0) is 0 Å². The molecule has 0 spiro atoms. The molecule has 3 rings (SSSR count). The summed E-state index contributed by atoms with van der Waals surface area (Å²) < 4.78 is 0. The first-order valence-electron chi connectivity index (χ1n) is 8.17. The Kier molecular flexibility index (Phi) is 4.80. The molecule has 124 valence electrons. The molecule has 6 nitrogen and oxygen atoms in total. The summed E-state index contributed by atoms with van der Waals surface area (Å²) in [6.45, 7) is 1.96. The van der Waals surface area contributed by atoms with Gasteiger partial charge in [-0.1, -0.05) is 0 Å². The number of aromatic nitrogens is 2. The number of anilines is 3. The fraction of sp³-hybridized carbons (Fsp3) is 0.389. The van der Waals surface area contributed by atoms with E-state index in [2.05, 4.69) is 26.3 Å². The van der Waals surface area contributed by atoms with Crippen LogP contribution >= 0.6 is 0 Å². The SMILES string of the molecule is CN(C)c1cc(NC2CCCN(c3ccc(C#N)cc3)C2)ncn1. The predicted molar refractivity (Wildman–Crippen MR) is 96.4 cm³/mol. The van der Waals surface area contributed by atoms with Gasteiger partial charge in [0.15, 0.2) is 0 Å². The van der Waals surface area contributed by atoms with Gasteiger partial charge in [0.1, 0.15) is 18.0 Å². The van der Waals surface area contributed by atoms with Gasteiger partial charge < -0.3 is 15.1 Å². The topological polar surface area (TPSA) is 68.1 Å². The molecular weight excluding hydrogens is 300 g/mol. The highest BCUT2D eigenvalue weighted by Crippen LogP contribution is 2.22. The monoisotopic (exact) mass is 322 g/mol. The average molecular weight is 322 g/mol. The Bertz CT molecular complexity index is 719. The van der Waals surface area contributed by atoms with Crippen molar-refractivity contribution in [1.29, 1.82) is 5.26 Å². The molecule has 1 N–H and O–H groups in total. The van der Waals surface area contributed by atoms with Gasteiger partial charge >= 0.3 is 0 Å². The van der Waals surface area contributed by atoms with Crippen LogP contribution in [0.1, 0.15) is 18.4 Å². The van der Waals surface area contributed by atoms with Crippen molar-refractivity contribution in [3.63, 3.8) is 0 Å². The second kappa shape index (κ2) is 7.18. The highest BCUT2D eigenvalue weighted by atomic mass is 15.2. The van der Waals surface area contributed by atoms with Gasteiger partial charge in [-0.05, 0) is 37.1 Å². The molecule has 1 fully saturated rings. The van der Waals surface area contributed by atoms with Crippen LogP contribution in [0.2, 0.25) is 0 Å². The van der Waals surface area contributed by atoms with E-state index in [1.165, 1.54) is 0 Å². The second-order valence-electron chi connectivity index (χ2n) is 6.24. The summed E-state index contributed by atoms with van der Waals surface area (Å²) in [7, 11) is 3.94. The number of benzene rings is 1. The van der Waals surface area contributed by atoms with Gasteiger partial charge in [0, 0.05) is 45.0 Å². The third-order valence-corrected chi connectivity index (χ3v) is 4.25. The molecule has 0 radical (unpaired) electrons. The maximum atomic E-state index is 8.92. The quantitative estimate of drug-likeness (QED) is 0.933. The van der Waals surface area contributed by atoms with Crippen LogP contribution in [0.25, 0.3) is 0 Å². The minimum absolute atomic E-state index is 0.347. The van der Waals surface area contributed by atoms with Crippen molar-refractivity contribution < 1.29 is 0 Å². The fourth-order valence-electron chi connectivity index (χ4n) is 2.96. The Morgan fingerprint density at radius 1 is 1.25 bits per heavy atom. The largest absolute Gasteiger partial charge is 0.369 e. The zero-order valence-corrected chi connectivity index (χ0v) is 14.1.